The van der Waals surface area contributed by atoms with Gasteiger partial charge in [-0.3, -0.25) is 4.79 Å². The first-order chi connectivity index (χ1) is 2.81. The normalized spacial score (nSPS) is 6.57. The van der Waals surface area contributed by atoms with Crippen LogP contribution >= 0.6 is 22.6 Å². The first kappa shape index (κ1) is 11.1. The third kappa shape index (κ3) is 7.20. The van der Waals surface area contributed by atoms with Crippen molar-refractivity contribution in [3.05, 3.63) is 0 Å². The van der Waals surface area contributed by atoms with Crippen molar-refractivity contribution in [2.75, 3.05) is 11.5 Å². The van der Waals surface area contributed by atoms with Crippen molar-refractivity contribution in [2.45, 2.75) is 0 Å². The van der Waals surface area contributed by atoms with Gasteiger partial charge in [0, 0.05) is 1.43 Å². The van der Waals surface area contributed by atoms with Gasteiger partial charge in [0.05, 0.1) is 11.5 Å². The maximum absolute atomic E-state index is 9.95. The summed E-state index contributed by atoms with van der Waals surface area (Å²) in [5, 5.41) is 0. The van der Waals surface area contributed by atoms with Crippen molar-refractivity contribution >= 4 is 58.1 Å². The molecule has 0 spiro atoms. The summed E-state index contributed by atoms with van der Waals surface area (Å²) >= 11 is 1.94. The first-order valence-corrected chi connectivity index (χ1v) is 2.96. The molecule has 0 atom stereocenters. The average Bonchev–Trinajstić information content (AvgIpc) is 1.65. The molecule has 0 unspecified atom stereocenters. The van der Waals surface area contributed by atoms with Gasteiger partial charge in [0.2, 0.25) is 0 Å². The molecule has 0 fully saturated rings. The zero-order chi connectivity index (χ0) is 4.99. The number of methoxy groups -OCH3 is 1. The molecule has 0 aromatic rings. The van der Waals surface area contributed by atoms with Gasteiger partial charge in [-0.1, -0.05) is 22.6 Å². The van der Waals surface area contributed by atoms with Gasteiger partial charge in [0.25, 0.3) is 0 Å². The third-order valence-electron chi connectivity index (χ3n) is 0.337. The molecular formula is C3H7INaO2. The second kappa shape index (κ2) is 7.20. The third-order valence-corrected chi connectivity index (χ3v) is 0.960. The van der Waals surface area contributed by atoms with Crippen molar-refractivity contribution in [2.24, 2.45) is 0 Å². The summed E-state index contributed by atoms with van der Waals surface area (Å²) in [7, 11) is 1.38. The van der Waals surface area contributed by atoms with Gasteiger partial charge in [-0.25, -0.2) is 0 Å². The SMILES string of the molecule is COC(=O)CI.[H].[NaH]. The molecule has 39 valence electrons. The number of carbonyl (C=O) groups is 1. The molecule has 0 N–H and O–H groups in total. The van der Waals surface area contributed by atoms with E-state index >= 15 is 0 Å². The molecule has 0 aliphatic heterocycles. The monoisotopic (exact) mass is 225 g/mol. The van der Waals surface area contributed by atoms with Crippen LogP contribution in [0.4, 0.5) is 0 Å². The minimum atomic E-state index is -0.171. The van der Waals surface area contributed by atoms with Gasteiger partial charge in [-0.2, -0.15) is 0 Å². The molecule has 4 heteroatoms. The van der Waals surface area contributed by atoms with E-state index in [1.807, 2.05) is 22.6 Å². The number of esters is 1. The van der Waals surface area contributed by atoms with Crippen LogP contribution in [0.15, 0.2) is 0 Å². The predicted octanol–water partition coefficient (Wildman–Crippen LogP) is 0.0584. The number of ether oxygens (including phenoxy) is 1. The van der Waals surface area contributed by atoms with Gasteiger partial charge in [-0.05, 0) is 0 Å². The molecular weight excluding hydrogens is 218 g/mol. The zero-order valence-corrected chi connectivity index (χ0v) is 5.56. The van der Waals surface area contributed by atoms with Crippen molar-refractivity contribution in [1.29, 1.82) is 0 Å². The number of alkyl halides is 1. The fourth-order valence-electron chi connectivity index (χ4n) is 0.0546. The van der Waals surface area contributed by atoms with Gasteiger partial charge in [0.1, 0.15) is 0 Å². The molecule has 0 saturated carbocycles. The van der Waals surface area contributed by atoms with Gasteiger partial charge in [0.15, 0.2) is 0 Å². The topological polar surface area (TPSA) is 26.3 Å². The van der Waals surface area contributed by atoms with Crippen LogP contribution in [0.3, 0.4) is 0 Å². The van der Waals surface area contributed by atoms with Crippen LogP contribution in [0.25, 0.3) is 0 Å². The molecule has 2 nitrogen and oxygen atoms in total. The molecule has 0 aliphatic carbocycles. The van der Waals surface area contributed by atoms with E-state index in [4.69, 9.17) is 0 Å². The number of rotatable bonds is 1. The molecule has 0 amide bonds. The van der Waals surface area contributed by atoms with Crippen LogP contribution in [0.2, 0.25) is 0 Å². The Kier molecular flexibility index (Phi) is 11.4. The molecule has 0 rings (SSSR count). The molecule has 0 aromatic heterocycles. The van der Waals surface area contributed by atoms with E-state index in [0.717, 1.165) is 0 Å². The fourth-order valence-corrected chi connectivity index (χ4v) is 0.366. The Morgan fingerprint density at radius 2 is 2.43 bits per heavy atom. The van der Waals surface area contributed by atoms with Crippen LogP contribution in [0, 0.1) is 0 Å². The van der Waals surface area contributed by atoms with Gasteiger partial charge >= 0.3 is 35.5 Å². The van der Waals surface area contributed by atoms with E-state index in [-0.39, 0.29) is 37.0 Å². The number of halogens is 1. The quantitative estimate of drug-likeness (QED) is 0.273. The number of hydrogen-bond acceptors (Lipinski definition) is 2. The molecule has 7 heavy (non-hydrogen) atoms. The van der Waals surface area contributed by atoms with Crippen molar-refractivity contribution < 1.29 is 11.0 Å². The molecule has 1 radical (unpaired) electrons. The Labute approximate surface area is 79.9 Å². The van der Waals surface area contributed by atoms with E-state index in [0.29, 0.717) is 4.43 Å². The molecule has 0 saturated heterocycles. The summed E-state index contributed by atoms with van der Waals surface area (Å²) in [6.45, 7) is 0. The van der Waals surface area contributed by atoms with Crippen LogP contribution in [0.1, 0.15) is 1.43 Å². The predicted molar refractivity (Wildman–Crippen MR) is 39.2 cm³/mol. The van der Waals surface area contributed by atoms with E-state index < -0.39 is 0 Å². The molecule has 0 bridgehead atoms. The van der Waals surface area contributed by atoms with Crippen LogP contribution in [-0.4, -0.2) is 47.1 Å². The number of carbonyl (C=O) groups excluding carboxylic acids is 1. The second-order valence-corrected chi connectivity index (χ2v) is 1.47. The Hall–Kier alpha value is 1.20. The standard InChI is InChI=1S/C3H5IO2.Na.2H/c1-6-3(5)2-4;;;/h2H2,1H3;;;. The summed E-state index contributed by atoms with van der Waals surface area (Å²) in [5.41, 5.74) is 0. The molecule has 0 aliphatic rings. The van der Waals surface area contributed by atoms with E-state index in [1.165, 1.54) is 7.11 Å². The summed E-state index contributed by atoms with van der Waals surface area (Å²) in [6, 6.07) is 0. The summed E-state index contributed by atoms with van der Waals surface area (Å²) in [4.78, 5) is 9.95. The van der Waals surface area contributed by atoms with Gasteiger partial charge < -0.3 is 4.74 Å². The Bertz CT molecular complexity index is 55.2. The van der Waals surface area contributed by atoms with Crippen LogP contribution < -0.4 is 0 Å². The van der Waals surface area contributed by atoms with Gasteiger partial charge in [-0.15, -0.1) is 0 Å². The summed E-state index contributed by atoms with van der Waals surface area (Å²) in [6.07, 6.45) is 0. The van der Waals surface area contributed by atoms with E-state index in [2.05, 4.69) is 4.74 Å². The van der Waals surface area contributed by atoms with Crippen molar-refractivity contribution in [3.63, 3.8) is 0 Å². The summed E-state index contributed by atoms with van der Waals surface area (Å²) < 4.78 is 4.69. The van der Waals surface area contributed by atoms with Crippen molar-refractivity contribution in [1.82, 2.24) is 0 Å². The fraction of sp³-hybridized carbons (Fsp3) is 0.667. The van der Waals surface area contributed by atoms with Crippen molar-refractivity contribution in [3.8, 4) is 0 Å². The maximum atomic E-state index is 9.95. The first-order valence-electron chi connectivity index (χ1n) is 1.44. The molecule has 0 heterocycles. The Morgan fingerprint density at radius 1 is 2.00 bits per heavy atom. The zero-order valence-electron chi connectivity index (χ0n) is 4.40. The summed E-state index contributed by atoms with van der Waals surface area (Å²) in [5.74, 6) is -0.171. The van der Waals surface area contributed by atoms with Crippen LogP contribution in [-0.2, 0) is 9.53 Å². The Morgan fingerprint density at radius 3 is 2.43 bits per heavy atom. The average molecular weight is 225 g/mol. The number of hydrogen-bond donors (Lipinski definition) is 0. The van der Waals surface area contributed by atoms with E-state index in [9.17, 15) is 4.79 Å². The van der Waals surface area contributed by atoms with E-state index in [1.54, 1.807) is 0 Å². The van der Waals surface area contributed by atoms with Crippen LogP contribution in [0.5, 0.6) is 0 Å². The molecule has 0 aromatic carbocycles. The second-order valence-electron chi connectivity index (χ2n) is 0.710. The minimum absolute atomic E-state index is 0. The Balaban J connectivity index is -0.000000125.